The second kappa shape index (κ2) is 8.80. The van der Waals surface area contributed by atoms with E-state index in [1.807, 2.05) is 49.1 Å². The molecular formula is C24H24N4O. The monoisotopic (exact) mass is 384 g/mol. The first-order valence-corrected chi connectivity index (χ1v) is 9.74. The molecule has 1 aromatic carbocycles. The number of hydrogen-bond donors (Lipinski definition) is 0. The molecule has 5 heteroatoms. The van der Waals surface area contributed by atoms with Crippen LogP contribution in [0.4, 0.5) is 0 Å². The Bertz CT molecular complexity index is 1080. The van der Waals surface area contributed by atoms with Crippen LogP contribution in [-0.2, 0) is 0 Å². The van der Waals surface area contributed by atoms with Gasteiger partial charge >= 0.3 is 0 Å². The number of nitrogens with zero attached hydrogens (tertiary/aromatic N) is 4. The zero-order valence-corrected chi connectivity index (χ0v) is 16.7. The average Bonchev–Trinajstić information content (AvgIpc) is 2.77. The van der Waals surface area contributed by atoms with Crippen molar-refractivity contribution in [1.82, 2.24) is 19.9 Å². The molecule has 0 atom stereocenters. The minimum absolute atomic E-state index is 0.660. The predicted molar refractivity (Wildman–Crippen MR) is 117 cm³/mol. The van der Waals surface area contributed by atoms with E-state index in [0.29, 0.717) is 12.5 Å². The average molecular weight is 384 g/mol. The minimum atomic E-state index is 0.660. The van der Waals surface area contributed by atoms with Gasteiger partial charge in [-0.05, 0) is 73.6 Å². The van der Waals surface area contributed by atoms with E-state index in [0.717, 1.165) is 46.1 Å². The van der Waals surface area contributed by atoms with Gasteiger partial charge in [0.25, 0.3) is 0 Å². The zero-order chi connectivity index (χ0) is 20.1. The summed E-state index contributed by atoms with van der Waals surface area (Å²) in [7, 11) is 4.12. The standard InChI is InChI=1S/C24H24N4O/c1-28(2)14-3-15-29-24-7-5-20(17-27-24)19-4-6-23-22(16-19)21(10-13-26-23)18-8-11-25-12-9-18/h4-13,16-17H,3,14-15H2,1-2H3. The lowest BCUT2D eigenvalue weighted by atomic mass is 9.98. The van der Waals surface area contributed by atoms with Crippen molar-refractivity contribution >= 4 is 10.9 Å². The summed E-state index contributed by atoms with van der Waals surface area (Å²) < 4.78 is 5.74. The summed E-state index contributed by atoms with van der Waals surface area (Å²) in [5.74, 6) is 0.660. The highest BCUT2D eigenvalue weighted by Crippen LogP contribution is 2.31. The second-order valence-electron chi connectivity index (χ2n) is 7.22. The van der Waals surface area contributed by atoms with Crippen molar-refractivity contribution in [3.8, 4) is 28.1 Å². The van der Waals surface area contributed by atoms with Gasteiger partial charge in [-0.1, -0.05) is 6.07 Å². The SMILES string of the molecule is CN(C)CCCOc1ccc(-c2ccc3nccc(-c4ccncc4)c3c2)cn1. The Balaban J connectivity index is 1.58. The molecule has 0 saturated carbocycles. The topological polar surface area (TPSA) is 51.1 Å². The smallest absolute Gasteiger partial charge is 0.213 e. The van der Waals surface area contributed by atoms with Crippen molar-refractivity contribution in [3.05, 3.63) is 73.3 Å². The Kier molecular flexibility index (Phi) is 5.77. The molecule has 0 bridgehead atoms. The van der Waals surface area contributed by atoms with E-state index in [4.69, 9.17) is 4.74 Å². The fourth-order valence-corrected chi connectivity index (χ4v) is 3.30. The lowest BCUT2D eigenvalue weighted by molar-refractivity contribution is 0.273. The third-order valence-electron chi connectivity index (χ3n) is 4.80. The molecule has 4 aromatic rings. The number of rotatable bonds is 7. The first-order valence-electron chi connectivity index (χ1n) is 9.74. The maximum absolute atomic E-state index is 5.74. The van der Waals surface area contributed by atoms with Crippen LogP contribution < -0.4 is 4.74 Å². The Morgan fingerprint density at radius 1 is 0.828 bits per heavy atom. The molecule has 0 saturated heterocycles. The molecule has 3 heterocycles. The van der Waals surface area contributed by atoms with Gasteiger partial charge in [0.05, 0.1) is 12.1 Å². The molecule has 4 rings (SSSR count). The molecule has 0 aliphatic carbocycles. The molecule has 0 N–H and O–H groups in total. The Morgan fingerprint density at radius 3 is 2.41 bits per heavy atom. The van der Waals surface area contributed by atoms with Gasteiger partial charge in [0.2, 0.25) is 5.88 Å². The first kappa shape index (κ1) is 19.0. The molecule has 5 nitrogen and oxygen atoms in total. The highest BCUT2D eigenvalue weighted by atomic mass is 16.5. The third-order valence-corrected chi connectivity index (χ3v) is 4.80. The molecule has 0 unspecified atom stereocenters. The molecule has 29 heavy (non-hydrogen) atoms. The van der Waals surface area contributed by atoms with Gasteiger partial charge in [-0.2, -0.15) is 0 Å². The number of hydrogen-bond acceptors (Lipinski definition) is 5. The summed E-state index contributed by atoms with van der Waals surface area (Å²) in [5.41, 5.74) is 5.40. The molecule has 0 aliphatic heterocycles. The molecule has 0 spiro atoms. The number of ether oxygens (including phenoxy) is 1. The molecule has 0 aliphatic rings. The van der Waals surface area contributed by atoms with Crippen LogP contribution in [0, 0.1) is 0 Å². The zero-order valence-electron chi connectivity index (χ0n) is 16.7. The van der Waals surface area contributed by atoms with Crippen LogP contribution in [0.1, 0.15) is 6.42 Å². The van der Waals surface area contributed by atoms with Crippen LogP contribution >= 0.6 is 0 Å². The van der Waals surface area contributed by atoms with E-state index in [2.05, 4.69) is 58.2 Å². The fraction of sp³-hybridized carbons (Fsp3) is 0.208. The van der Waals surface area contributed by atoms with Crippen molar-refractivity contribution < 1.29 is 4.74 Å². The number of fused-ring (bicyclic) bond motifs is 1. The van der Waals surface area contributed by atoms with Crippen molar-refractivity contribution in [1.29, 1.82) is 0 Å². The van der Waals surface area contributed by atoms with Gasteiger partial charge in [-0.15, -0.1) is 0 Å². The maximum Gasteiger partial charge on any atom is 0.213 e. The molecule has 0 fully saturated rings. The van der Waals surface area contributed by atoms with Gasteiger partial charge < -0.3 is 9.64 Å². The van der Waals surface area contributed by atoms with Gasteiger partial charge in [-0.25, -0.2) is 4.98 Å². The summed E-state index contributed by atoms with van der Waals surface area (Å²) in [5, 5.41) is 1.11. The summed E-state index contributed by atoms with van der Waals surface area (Å²) in [6.45, 7) is 1.67. The summed E-state index contributed by atoms with van der Waals surface area (Å²) in [6.07, 6.45) is 8.32. The van der Waals surface area contributed by atoms with E-state index in [1.54, 1.807) is 0 Å². The van der Waals surface area contributed by atoms with E-state index >= 15 is 0 Å². The Hall–Kier alpha value is -3.31. The van der Waals surface area contributed by atoms with E-state index < -0.39 is 0 Å². The summed E-state index contributed by atoms with van der Waals surface area (Å²) in [4.78, 5) is 15.3. The molecular weight excluding hydrogens is 360 g/mol. The van der Waals surface area contributed by atoms with E-state index in [9.17, 15) is 0 Å². The summed E-state index contributed by atoms with van der Waals surface area (Å²) in [6, 6.07) is 16.4. The molecule has 3 aromatic heterocycles. The van der Waals surface area contributed by atoms with Crippen LogP contribution in [0.25, 0.3) is 33.2 Å². The molecule has 0 amide bonds. The summed E-state index contributed by atoms with van der Waals surface area (Å²) >= 11 is 0. The van der Waals surface area contributed by atoms with Gasteiger partial charge in [0.1, 0.15) is 0 Å². The van der Waals surface area contributed by atoms with Crippen LogP contribution in [0.3, 0.4) is 0 Å². The highest BCUT2D eigenvalue weighted by Gasteiger charge is 2.07. The van der Waals surface area contributed by atoms with Crippen molar-refractivity contribution in [3.63, 3.8) is 0 Å². The van der Waals surface area contributed by atoms with Gasteiger partial charge in [-0.3, -0.25) is 9.97 Å². The third kappa shape index (κ3) is 4.58. The molecule has 146 valence electrons. The van der Waals surface area contributed by atoms with Gasteiger partial charge in [0, 0.05) is 48.3 Å². The second-order valence-corrected chi connectivity index (χ2v) is 7.22. The first-order chi connectivity index (χ1) is 14.2. The number of aromatic nitrogens is 3. The van der Waals surface area contributed by atoms with Crippen LogP contribution in [0.15, 0.2) is 73.3 Å². The Labute approximate surface area is 171 Å². The molecule has 0 radical (unpaired) electrons. The quantitative estimate of drug-likeness (QED) is 0.433. The lowest BCUT2D eigenvalue weighted by Crippen LogP contribution is -2.15. The number of pyridine rings is 3. The predicted octanol–water partition coefficient (Wildman–Crippen LogP) is 4.69. The van der Waals surface area contributed by atoms with Crippen molar-refractivity contribution in [2.45, 2.75) is 6.42 Å². The largest absolute Gasteiger partial charge is 0.478 e. The van der Waals surface area contributed by atoms with Crippen molar-refractivity contribution in [2.24, 2.45) is 0 Å². The van der Waals surface area contributed by atoms with E-state index in [-0.39, 0.29) is 0 Å². The van der Waals surface area contributed by atoms with E-state index in [1.165, 1.54) is 0 Å². The minimum Gasteiger partial charge on any atom is -0.478 e. The van der Waals surface area contributed by atoms with Crippen LogP contribution in [-0.4, -0.2) is 47.1 Å². The highest BCUT2D eigenvalue weighted by molar-refractivity contribution is 5.96. The maximum atomic E-state index is 5.74. The Morgan fingerprint density at radius 2 is 1.66 bits per heavy atom. The van der Waals surface area contributed by atoms with Crippen molar-refractivity contribution in [2.75, 3.05) is 27.2 Å². The number of benzene rings is 1. The normalized spacial score (nSPS) is 11.1. The van der Waals surface area contributed by atoms with Gasteiger partial charge in [0.15, 0.2) is 0 Å². The van der Waals surface area contributed by atoms with Crippen LogP contribution in [0.2, 0.25) is 0 Å². The fourth-order valence-electron chi connectivity index (χ4n) is 3.30. The van der Waals surface area contributed by atoms with Crippen LogP contribution in [0.5, 0.6) is 5.88 Å². The lowest BCUT2D eigenvalue weighted by Gasteiger charge is -2.11.